The number of hydrogen-bond donors (Lipinski definition) is 2. The van der Waals surface area contributed by atoms with E-state index in [0.29, 0.717) is 24.8 Å². The molecule has 0 spiro atoms. The minimum atomic E-state index is -0.774. The molecule has 3 fully saturated rings. The highest BCUT2D eigenvalue weighted by molar-refractivity contribution is 14.0. The van der Waals surface area contributed by atoms with Crippen molar-refractivity contribution in [2.75, 3.05) is 24.6 Å². The number of nitrogens with zero attached hydrogens (tertiary/aromatic N) is 3. The number of aliphatic imine (C=N–C) groups is 1. The van der Waals surface area contributed by atoms with Gasteiger partial charge in [0, 0.05) is 13.1 Å². The van der Waals surface area contributed by atoms with E-state index >= 15 is 0 Å². The Labute approximate surface area is 187 Å². The van der Waals surface area contributed by atoms with Gasteiger partial charge in [0.15, 0.2) is 5.96 Å². The molecule has 9 heteroatoms. The normalized spacial score (nSPS) is 27.7. The fourth-order valence-corrected chi connectivity index (χ4v) is 3.88. The molecule has 0 radical (unpaired) electrons. The Morgan fingerprint density at radius 2 is 2.00 bits per heavy atom. The lowest BCUT2D eigenvalue weighted by atomic mass is 9.96. The number of ether oxygens (including phenoxy) is 1. The lowest BCUT2D eigenvalue weighted by Gasteiger charge is -2.31. The number of morpholine rings is 1. The molecule has 2 unspecified atom stereocenters. The van der Waals surface area contributed by atoms with Crippen molar-refractivity contribution < 1.29 is 14.3 Å². The summed E-state index contributed by atoms with van der Waals surface area (Å²) in [7, 11) is 0. The maximum atomic E-state index is 12.8. The SMILES string of the molecule is CC1CN(C(N)=NCc2ccc(N3C(=O)NC(C)(C4CC4)C3=O)cc2)CCO1.I. The maximum absolute atomic E-state index is 12.8. The number of carbonyl (C=O) groups is 2. The van der Waals surface area contributed by atoms with Gasteiger partial charge in [0.1, 0.15) is 5.54 Å². The van der Waals surface area contributed by atoms with E-state index in [-0.39, 0.29) is 47.9 Å². The number of hydrogen-bond acceptors (Lipinski definition) is 4. The molecule has 0 aromatic heterocycles. The van der Waals surface area contributed by atoms with Crippen molar-refractivity contribution in [1.29, 1.82) is 0 Å². The number of benzene rings is 1. The van der Waals surface area contributed by atoms with Crippen molar-refractivity contribution in [3.8, 4) is 0 Å². The molecule has 2 heterocycles. The van der Waals surface area contributed by atoms with Gasteiger partial charge >= 0.3 is 6.03 Å². The molecule has 29 heavy (non-hydrogen) atoms. The van der Waals surface area contributed by atoms with Gasteiger partial charge in [-0.3, -0.25) is 4.79 Å². The minimum Gasteiger partial charge on any atom is -0.375 e. The second kappa shape index (κ2) is 8.47. The lowest BCUT2D eigenvalue weighted by molar-refractivity contribution is -0.122. The van der Waals surface area contributed by atoms with Gasteiger partial charge in [0.25, 0.3) is 5.91 Å². The summed E-state index contributed by atoms with van der Waals surface area (Å²) >= 11 is 0. The molecule has 158 valence electrons. The number of urea groups is 1. The molecule has 1 aliphatic carbocycles. The molecule has 8 nitrogen and oxygen atoms in total. The Kier molecular flexibility index (Phi) is 6.37. The van der Waals surface area contributed by atoms with Gasteiger partial charge in [0.2, 0.25) is 0 Å². The molecule has 2 aliphatic heterocycles. The van der Waals surface area contributed by atoms with Gasteiger partial charge in [-0.15, -0.1) is 24.0 Å². The van der Waals surface area contributed by atoms with E-state index in [1.165, 1.54) is 4.90 Å². The second-order valence-corrected chi connectivity index (χ2v) is 8.02. The van der Waals surface area contributed by atoms with Gasteiger partial charge in [0.05, 0.1) is 24.9 Å². The van der Waals surface area contributed by atoms with Crippen LogP contribution in [0.25, 0.3) is 0 Å². The van der Waals surface area contributed by atoms with E-state index in [1.54, 1.807) is 12.1 Å². The Morgan fingerprint density at radius 1 is 1.31 bits per heavy atom. The summed E-state index contributed by atoms with van der Waals surface area (Å²) in [6.07, 6.45) is 2.11. The fourth-order valence-electron chi connectivity index (χ4n) is 3.88. The molecular weight excluding hydrogens is 485 g/mol. The number of halogens is 1. The van der Waals surface area contributed by atoms with Crippen LogP contribution < -0.4 is 16.0 Å². The molecule has 1 saturated carbocycles. The van der Waals surface area contributed by atoms with E-state index in [2.05, 4.69) is 10.3 Å². The highest BCUT2D eigenvalue weighted by Crippen LogP contribution is 2.43. The number of guanidine groups is 1. The topological polar surface area (TPSA) is 100 Å². The molecule has 3 aliphatic rings. The molecule has 1 aromatic rings. The van der Waals surface area contributed by atoms with Crippen LogP contribution in [0.3, 0.4) is 0 Å². The molecule has 1 aromatic carbocycles. The van der Waals surface area contributed by atoms with Gasteiger partial charge in [-0.2, -0.15) is 0 Å². The van der Waals surface area contributed by atoms with Gasteiger partial charge in [-0.1, -0.05) is 12.1 Å². The second-order valence-electron chi connectivity index (χ2n) is 8.02. The summed E-state index contributed by atoms with van der Waals surface area (Å²) in [5, 5.41) is 2.87. The Hall–Kier alpha value is -1.88. The highest BCUT2D eigenvalue weighted by atomic mass is 127. The zero-order chi connectivity index (χ0) is 19.9. The van der Waals surface area contributed by atoms with Crippen molar-refractivity contribution in [2.45, 2.75) is 44.9 Å². The number of amides is 3. The van der Waals surface area contributed by atoms with Crippen molar-refractivity contribution in [3.05, 3.63) is 29.8 Å². The number of rotatable bonds is 4. The smallest absolute Gasteiger partial charge is 0.329 e. The summed E-state index contributed by atoms with van der Waals surface area (Å²) < 4.78 is 5.52. The first-order chi connectivity index (χ1) is 13.4. The maximum Gasteiger partial charge on any atom is 0.329 e. The van der Waals surface area contributed by atoms with E-state index in [1.807, 2.05) is 30.9 Å². The summed E-state index contributed by atoms with van der Waals surface area (Å²) in [4.78, 5) is 32.9. The predicted octanol–water partition coefficient (Wildman–Crippen LogP) is 2.06. The molecule has 0 bridgehead atoms. The quantitative estimate of drug-likeness (QED) is 0.278. The van der Waals surface area contributed by atoms with Gasteiger partial charge in [-0.25, -0.2) is 14.7 Å². The lowest BCUT2D eigenvalue weighted by Crippen LogP contribution is -2.47. The van der Waals surface area contributed by atoms with Crippen molar-refractivity contribution in [2.24, 2.45) is 16.6 Å². The fraction of sp³-hybridized carbons (Fsp3) is 0.550. The molecule has 2 saturated heterocycles. The third-order valence-corrected chi connectivity index (χ3v) is 5.79. The van der Waals surface area contributed by atoms with Crippen molar-refractivity contribution in [3.63, 3.8) is 0 Å². The first kappa shape index (κ1) is 21.8. The Morgan fingerprint density at radius 3 is 2.62 bits per heavy atom. The van der Waals surface area contributed by atoms with Gasteiger partial charge < -0.3 is 20.7 Å². The van der Waals surface area contributed by atoms with Crippen LogP contribution in [0, 0.1) is 5.92 Å². The Bertz CT molecular complexity index is 811. The summed E-state index contributed by atoms with van der Waals surface area (Å²) in [6, 6.07) is 6.97. The monoisotopic (exact) mass is 513 g/mol. The largest absolute Gasteiger partial charge is 0.375 e. The van der Waals surface area contributed by atoms with E-state index in [0.717, 1.165) is 31.5 Å². The molecule has 3 N–H and O–H groups in total. The molecule has 2 atom stereocenters. The molecule has 4 rings (SSSR count). The van der Waals surface area contributed by atoms with E-state index in [4.69, 9.17) is 10.5 Å². The number of imide groups is 1. The van der Waals surface area contributed by atoms with E-state index < -0.39 is 5.54 Å². The standard InChI is InChI=1S/C20H27N5O3.HI/c1-13-12-24(9-10-28-13)18(21)22-11-14-3-7-16(8-4-14)25-17(26)20(2,15-5-6-15)23-19(25)27;/h3-4,7-8,13,15H,5-6,9-12H2,1-2H3,(H2,21,22)(H,23,27);1H. The number of nitrogens with two attached hydrogens (primary N) is 1. The van der Waals surface area contributed by atoms with Crippen molar-refractivity contribution >= 4 is 47.6 Å². The van der Waals surface area contributed by atoms with Crippen LogP contribution in [0.15, 0.2) is 29.3 Å². The third kappa shape index (κ3) is 4.35. The van der Waals surface area contributed by atoms with Crippen LogP contribution in [0.1, 0.15) is 32.3 Å². The third-order valence-electron chi connectivity index (χ3n) is 5.79. The average Bonchev–Trinajstić information content (AvgIpc) is 3.49. The average molecular weight is 513 g/mol. The molecule has 3 amide bonds. The van der Waals surface area contributed by atoms with Crippen LogP contribution in [-0.4, -0.2) is 54.1 Å². The summed E-state index contributed by atoms with van der Waals surface area (Å²) in [5.41, 5.74) is 6.87. The van der Waals surface area contributed by atoms with E-state index in [9.17, 15) is 9.59 Å². The van der Waals surface area contributed by atoms with Crippen LogP contribution >= 0.6 is 24.0 Å². The first-order valence-corrected chi connectivity index (χ1v) is 9.80. The predicted molar refractivity (Wildman–Crippen MR) is 121 cm³/mol. The Balaban J connectivity index is 0.00000240. The minimum absolute atomic E-state index is 0. The highest BCUT2D eigenvalue weighted by Gasteiger charge is 2.56. The van der Waals surface area contributed by atoms with Crippen LogP contribution in [0.4, 0.5) is 10.5 Å². The summed E-state index contributed by atoms with van der Waals surface area (Å²) in [5.74, 6) is 0.582. The molecular formula is C20H28IN5O3. The van der Waals surface area contributed by atoms with Gasteiger partial charge in [-0.05, 0) is 50.3 Å². The zero-order valence-corrected chi connectivity index (χ0v) is 19.1. The van der Waals surface area contributed by atoms with Crippen LogP contribution in [0.5, 0.6) is 0 Å². The van der Waals surface area contributed by atoms with Crippen LogP contribution in [-0.2, 0) is 16.1 Å². The number of carbonyl (C=O) groups excluding carboxylic acids is 2. The number of anilines is 1. The summed E-state index contributed by atoms with van der Waals surface area (Å²) in [6.45, 7) is 6.41. The first-order valence-electron chi connectivity index (χ1n) is 9.80. The van der Waals surface area contributed by atoms with Crippen LogP contribution in [0.2, 0.25) is 0 Å². The zero-order valence-electron chi connectivity index (χ0n) is 16.8. The number of nitrogens with one attached hydrogen (secondary N) is 1. The van der Waals surface area contributed by atoms with Crippen molar-refractivity contribution in [1.82, 2.24) is 10.2 Å².